The minimum Gasteiger partial charge on any atom is -0.309 e. The molecule has 8 heteroatoms. The van der Waals surface area contributed by atoms with Crippen LogP contribution < -0.4 is 10.9 Å². The summed E-state index contributed by atoms with van der Waals surface area (Å²) in [6, 6.07) is 9.48. The van der Waals surface area contributed by atoms with E-state index in [-0.39, 0.29) is 18.0 Å². The van der Waals surface area contributed by atoms with Crippen molar-refractivity contribution >= 4 is 43.2 Å². The van der Waals surface area contributed by atoms with Crippen molar-refractivity contribution in [2.24, 2.45) is 0 Å². The number of fused-ring (bicyclic) bond motifs is 3. The van der Waals surface area contributed by atoms with Crippen LogP contribution in [0.15, 0.2) is 47.7 Å². The number of aromatic nitrogens is 4. The lowest BCUT2D eigenvalue weighted by atomic mass is 10.1. The molecule has 0 fully saturated rings. The van der Waals surface area contributed by atoms with Crippen LogP contribution in [0.2, 0.25) is 0 Å². The molecule has 7 nitrogen and oxygen atoms in total. The Kier molecular flexibility index (Phi) is 4.18. The molecule has 0 saturated heterocycles. The molecule has 1 amide bonds. The third-order valence-electron chi connectivity index (χ3n) is 4.03. The van der Waals surface area contributed by atoms with Crippen LogP contribution in [-0.4, -0.2) is 25.7 Å². The van der Waals surface area contributed by atoms with E-state index in [0.717, 1.165) is 21.2 Å². The summed E-state index contributed by atoms with van der Waals surface area (Å²) in [5.74, 6) is 0.0255. The van der Waals surface area contributed by atoms with Gasteiger partial charge in [0.1, 0.15) is 23.4 Å². The van der Waals surface area contributed by atoms with Crippen molar-refractivity contribution in [3.63, 3.8) is 0 Å². The Labute approximate surface area is 152 Å². The average Bonchev–Trinajstić information content (AvgIpc) is 3.05. The number of aryl methyl sites for hydroxylation is 1. The number of carbonyl (C=O) groups is 1. The van der Waals surface area contributed by atoms with Crippen molar-refractivity contribution < 1.29 is 4.79 Å². The maximum Gasteiger partial charge on any atom is 0.285 e. The first kappa shape index (κ1) is 16.3. The summed E-state index contributed by atoms with van der Waals surface area (Å²) < 4.78 is 2.90. The van der Waals surface area contributed by atoms with E-state index in [1.165, 1.54) is 28.5 Å². The second-order valence-electron chi connectivity index (χ2n) is 5.71. The molecule has 3 heterocycles. The second-order valence-corrected chi connectivity index (χ2v) is 6.76. The molecule has 0 atom stereocenters. The van der Waals surface area contributed by atoms with Gasteiger partial charge in [-0.1, -0.05) is 25.1 Å². The highest BCUT2D eigenvalue weighted by Gasteiger charge is 2.17. The van der Waals surface area contributed by atoms with E-state index in [1.807, 2.05) is 31.2 Å². The second kappa shape index (κ2) is 6.64. The molecule has 0 saturated carbocycles. The Morgan fingerprint density at radius 3 is 2.88 bits per heavy atom. The van der Waals surface area contributed by atoms with Crippen LogP contribution in [0.5, 0.6) is 0 Å². The molecule has 130 valence electrons. The molecular formula is C18H15N5O2S. The monoisotopic (exact) mass is 365 g/mol. The largest absolute Gasteiger partial charge is 0.309 e. The van der Waals surface area contributed by atoms with E-state index in [4.69, 9.17) is 0 Å². The molecule has 1 N–H and O–H groups in total. The number of rotatable bonds is 4. The molecule has 0 aliphatic carbocycles. The van der Waals surface area contributed by atoms with Gasteiger partial charge >= 0.3 is 0 Å². The smallest absolute Gasteiger partial charge is 0.285 e. The maximum atomic E-state index is 12.9. The van der Waals surface area contributed by atoms with Gasteiger partial charge in [-0.05, 0) is 18.6 Å². The van der Waals surface area contributed by atoms with Crippen LogP contribution in [0.3, 0.4) is 0 Å². The van der Waals surface area contributed by atoms with Crippen LogP contribution in [0.1, 0.15) is 12.6 Å². The lowest BCUT2D eigenvalue weighted by molar-refractivity contribution is -0.117. The summed E-state index contributed by atoms with van der Waals surface area (Å²) in [7, 11) is 0. The van der Waals surface area contributed by atoms with Gasteiger partial charge in [0.25, 0.3) is 5.56 Å². The number of nitrogens with zero attached hydrogens (tertiary/aromatic N) is 4. The van der Waals surface area contributed by atoms with Crippen molar-refractivity contribution in [3.05, 3.63) is 58.9 Å². The summed E-state index contributed by atoms with van der Waals surface area (Å²) >= 11 is 1.44. The van der Waals surface area contributed by atoms with Gasteiger partial charge in [0.2, 0.25) is 5.91 Å². The van der Waals surface area contributed by atoms with Gasteiger partial charge in [0.05, 0.1) is 5.69 Å². The Balaban J connectivity index is 1.76. The summed E-state index contributed by atoms with van der Waals surface area (Å²) in [4.78, 5) is 32.9. The van der Waals surface area contributed by atoms with Gasteiger partial charge in [-0.2, -0.15) is 5.10 Å². The fourth-order valence-corrected chi connectivity index (χ4v) is 4.05. The summed E-state index contributed by atoms with van der Waals surface area (Å²) in [5.41, 5.74) is 0.558. The van der Waals surface area contributed by atoms with Crippen LogP contribution in [-0.2, 0) is 17.8 Å². The van der Waals surface area contributed by atoms with Crippen molar-refractivity contribution in [2.75, 3.05) is 5.32 Å². The first-order valence-electron chi connectivity index (χ1n) is 8.14. The van der Waals surface area contributed by atoms with Gasteiger partial charge < -0.3 is 5.32 Å². The number of thiophene rings is 1. The number of hydrogen-bond donors (Lipinski definition) is 1. The van der Waals surface area contributed by atoms with E-state index >= 15 is 0 Å². The van der Waals surface area contributed by atoms with E-state index in [0.29, 0.717) is 16.9 Å². The Hall–Kier alpha value is -3.13. The maximum absolute atomic E-state index is 12.9. The van der Waals surface area contributed by atoms with E-state index in [2.05, 4.69) is 20.4 Å². The topological polar surface area (TPSA) is 89.8 Å². The van der Waals surface area contributed by atoms with Gasteiger partial charge in [0.15, 0.2) is 0 Å². The van der Waals surface area contributed by atoms with Gasteiger partial charge in [-0.15, -0.1) is 11.3 Å². The Morgan fingerprint density at radius 1 is 1.27 bits per heavy atom. The van der Waals surface area contributed by atoms with E-state index < -0.39 is 0 Å². The van der Waals surface area contributed by atoms with Crippen molar-refractivity contribution in [3.8, 4) is 0 Å². The zero-order valence-electron chi connectivity index (χ0n) is 14.0. The fourth-order valence-electron chi connectivity index (χ4n) is 2.88. The van der Waals surface area contributed by atoms with Gasteiger partial charge in [-0.25, -0.2) is 14.6 Å². The third-order valence-corrected chi connectivity index (χ3v) is 5.19. The molecule has 0 aliphatic heterocycles. The van der Waals surface area contributed by atoms with E-state index in [1.54, 1.807) is 6.07 Å². The predicted molar refractivity (Wildman–Crippen MR) is 101 cm³/mol. The number of hydrogen-bond acceptors (Lipinski definition) is 6. The summed E-state index contributed by atoms with van der Waals surface area (Å²) in [5, 5.41) is 9.01. The lowest BCUT2D eigenvalue weighted by Gasteiger charge is -2.08. The van der Waals surface area contributed by atoms with Crippen LogP contribution >= 0.6 is 11.3 Å². The molecule has 0 radical (unpaired) electrons. The van der Waals surface area contributed by atoms with Crippen molar-refractivity contribution in [1.29, 1.82) is 0 Å². The van der Waals surface area contributed by atoms with Crippen LogP contribution in [0, 0.1) is 0 Å². The Morgan fingerprint density at radius 2 is 2.12 bits per heavy atom. The fraction of sp³-hybridized carbons (Fsp3) is 0.167. The molecule has 0 aliphatic rings. The van der Waals surface area contributed by atoms with Crippen LogP contribution in [0.25, 0.3) is 20.2 Å². The first-order chi connectivity index (χ1) is 12.7. The first-order valence-corrected chi connectivity index (χ1v) is 8.96. The number of nitrogens with one attached hydrogen (secondary N) is 1. The predicted octanol–water partition coefficient (Wildman–Crippen LogP) is 2.60. The molecule has 26 heavy (non-hydrogen) atoms. The summed E-state index contributed by atoms with van der Waals surface area (Å²) in [6.45, 7) is 1.82. The zero-order valence-corrected chi connectivity index (χ0v) is 14.8. The minimum absolute atomic E-state index is 0.167. The quantitative estimate of drug-likeness (QED) is 0.600. The van der Waals surface area contributed by atoms with Gasteiger partial charge in [0, 0.05) is 21.7 Å². The number of anilines is 1. The Bertz CT molecular complexity index is 1170. The number of carbonyl (C=O) groups excluding carboxylic acids is 1. The highest BCUT2D eigenvalue weighted by Crippen LogP contribution is 2.33. The highest BCUT2D eigenvalue weighted by atomic mass is 32.1. The SMILES string of the molecule is CCc1nn(CC(=O)Nc2ccncn2)c(=O)c2sc3ccccc3c12. The molecule has 0 bridgehead atoms. The van der Waals surface area contributed by atoms with Crippen LogP contribution in [0.4, 0.5) is 5.82 Å². The standard InChI is InChI=1S/C18H15N5O2S/c1-2-12-16-11-5-3-4-6-13(11)26-17(16)18(25)23(22-12)9-15(24)21-14-7-8-19-10-20-14/h3-8,10H,2,9H2,1H3,(H,19,20,21,24). The number of benzene rings is 1. The zero-order chi connectivity index (χ0) is 18.1. The third kappa shape index (κ3) is 2.84. The van der Waals surface area contributed by atoms with Crippen molar-refractivity contribution in [2.45, 2.75) is 19.9 Å². The number of amides is 1. The lowest BCUT2D eigenvalue weighted by Crippen LogP contribution is -2.30. The average molecular weight is 365 g/mol. The molecule has 0 unspecified atom stereocenters. The normalized spacial score (nSPS) is 11.1. The van der Waals surface area contributed by atoms with E-state index in [9.17, 15) is 9.59 Å². The highest BCUT2D eigenvalue weighted by molar-refractivity contribution is 7.25. The van der Waals surface area contributed by atoms with Crippen molar-refractivity contribution in [1.82, 2.24) is 19.7 Å². The molecular weight excluding hydrogens is 350 g/mol. The molecule has 1 aromatic carbocycles. The molecule has 4 aromatic rings. The molecule has 0 spiro atoms. The molecule has 3 aromatic heterocycles. The molecule has 4 rings (SSSR count). The minimum atomic E-state index is -0.360. The van der Waals surface area contributed by atoms with Gasteiger partial charge in [-0.3, -0.25) is 9.59 Å². The summed E-state index contributed by atoms with van der Waals surface area (Å²) in [6.07, 6.45) is 3.55.